The van der Waals surface area contributed by atoms with Gasteiger partial charge in [0.1, 0.15) is 22.8 Å². The summed E-state index contributed by atoms with van der Waals surface area (Å²) in [7, 11) is -1.24. The van der Waals surface area contributed by atoms with Crippen LogP contribution >= 0.6 is 0 Å². The first kappa shape index (κ1) is 33.7. The van der Waals surface area contributed by atoms with E-state index in [0.717, 1.165) is 28.2 Å². The van der Waals surface area contributed by atoms with Gasteiger partial charge in [0.2, 0.25) is 11.9 Å². The van der Waals surface area contributed by atoms with Gasteiger partial charge in [-0.05, 0) is 35.9 Å². The Morgan fingerprint density at radius 1 is 1.04 bits per heavy atom. The molecule has 3 aromatic heterocycles. The number of carboxylic acid groups (broad SMARTS) is 1. The van der Waals surface area contributed by atoms with Crippen molar-refractivity contribution in [1.29, 1.82) is 0 Å². The topological polar surface area (TPSA) is 191 Å². The number of fused-ring (bicyclic) bond motifs is 1. The van der Waals surface area contributed by atoms with Gasteiger partial charge in [-0.3, -0.25) is 0 Å². The van der Waals surface area contributed by atoms with Crippen molar-refractivity contribution in [3.05, 3.63) is 66.1 Å². The average Bonchev–Trinajstić information content (AvgIpc) is 3.54. The number of carbonyl (C=O) groups is 1. The van der Waals surface area contributed by atoms with Crippen LogP contribution in [0.5, 0.6) is 0 Å². The van der Waals surface area contributed by atoms with Crippen molar-refractivity contribution in [2.45, 2.75) is 38.1 Å². The monoisotopic (exact) mass is 660 g/mol. The minimum atomic E-state index is -5.08. The number of sulfone groups is 1. The molecule has 2 aromatic carbocycles. The molecule has 0 atom stereocenters. The Kier molecular flexibility index (Phi) is 9.28. The quantitative estimate of drug-likeness (QED) is 0.170. The van der Waals surface area contributed by atoms with E-state index in [2.05, 4.69) is 51.5 Å². The molecule has 0 unspecified atom stereocenters. The van der Waals surface area contributed by atoms with Crippen LogP contribution in [-0.2, 0) is 32.8 Å². The second-order valence-corrected chi connectivity index (χ2v) is 13.4. The second-order valence-electron chi connectivity index (χ2n) is 11.3. The maximum Gasteiger partial charge on any atom is 0.490 e. The molecular weight excluding hydrogens is 629 g/mol. The molecule has 5 rings (SSSR count). The fourth-order valence-corrected chi connectivity index (χ4v) is 4.93. The van der Waals surface area contributed by atoms with Crippen molar-refractivity contribution < 1.29 is 36.0 Å². The van der Waals surface area contributed by atoms with Crippen LogP contribution in [0.3, 0.4) is 0 Å². The van der Waals surface area contributed by atoms with Crippen LogP contribution < -0.4 is 16.4 Å². The molecule has 5 N–H and O–H groups in total. The van der Waals surface area contributed by atoms with Crippen molar-refractivity contribution in [2.24, 2.45) is 7.05 Å². The van der Waals surface area contributed by atoms with Crippen LogP contribution in [0, 0.1) is 0 Å². The number of aromatic nitrogens is 5. The molecule has 0 spiro atoms. The average molecular weight is 661 g/mol. The normalized spacial score (nSPS) is 12.0. The number of anilines is 5. The van der Waals surface area contributed by atoms with Crippen molar-refractivity contribution in [3.8, 4) is 11.3 Å². The molecule has 0 bridgehead atoms. The van der Waals surface area contributed by atoms with E-state index < -0.39 is 22.0 Å². The number of nitrogens with zero attached hydrogens (tertiary/aromatic N) is 5. The maximum atomic E-state index is 11.6. The van der Waals surface area contributed by atoms with E-state index in [1.54, 1.807) is 36.5 Å². The highest BCUT2D eigenvalue weighted by Gasteiger charge is 2.38. The number of nitrogens with one attached hydrogen (secondary N) is 2. The minimum absolute atomic E-state index is 0.0133. The highest BCUT2D eigenvalue weighted by Crippen LogP contribution is 2.38. The summed E-state index contributed by atoms with van der Waals surface area (Å²) in [6, 6.07) is 14.6. The van der Waals surface area contributed by atoms with E-state index in [0.29, 0.717) is 34.5 Å². The zero-order valence-electron chi connectivity index (χ0n) is 25.3. The van der Waals surface area contributed by atoms with Crippen molar-refractivity contribution in [2.75, 3.05) is 22.6 Å². The molecular formula is C29H31F3N8O5S. The lowest BCUT2D eigenvalue weighted by molar-refractivity contribution is -0.192. The van der Waals surface area contributed by atoms with E-state index >= 15 is 0 Å². The van der Waals surface area contributed by atoms with Gasteiger partial charge in [-0.1, -0.05) is 38.1 Å². The SMILES string of the molecule is Cn1c(N)nc2c(-c3cc(C(C)(C)C)on3)c(Nc3ccnc(Nc4ccc(CS(C)(=O)=O)cc4)n3)ccc21.O=C(O)C(F)(F)F. The lowest BCUT2D eigenvalue weighted by Crippen LogP contribution is -2.21. The van der Waals surface area contributed by atoms with Crippen LogP contribution in [0.25, 0.3) is 22.3 Å². The van der Waals surface area contributed by atoms with Crippen LogP contribution in [0.4, 0.5) is 42.3 Å². The van der Waals surface area contributed by atoms with E-state index in [1.165, 1.54) is 6.26 Å². The summed E-state index contributed by atoms with van der Waals surface area (Å²) in [5.41, 5.74) is 11.0. The number of aliphatic carboxylic acids is 1. The third-order valence-electron chi connectivity index (χ3n) is 6.39. The summed E-state index contributed by atoms with van der Waals surface area (Å²) in [5.74, 6) is -0.713. The number of aryl methyl sites for hydroxylation is 1. The summed E-state index contributed by atoms with van der Waals surface area (Å²) < 4.78 is 62.3. The number of hydrogen-bond acceptors (Lipinski definition) is 11. The van der Waals surface area contributed by atoms with Gasteiger partial charge in [0.25, 0.3) is 0 Å². The number of halogens is 3. The molecule has 0 saturated carbocycles. The summed E-state index contributed by atoms with van der Waals surface area (Å²) in [6.07, 6.45) is -2.23. The molecule has 0 radical (unpaired) electrons. The predicted octanol–water partition coefficient (Wildman–Crippen LogP) is 5.56. The van der Waals surface area contributed by atoms with Crippen LogP contribution in [0.2, 0.25) is 0 Å². The Labute approximate surface area is 261 Å². The van der Waals surface area contributed by atoms with Gasteiger partial charge in [0.05, 0.1) is 22.5 Å². The first-order valence-corrected chi connectivity index (χ1v) is 15.5. The zero-order valence-corrected chi connectivity index (χ0v) is 26.2. The third-order valence-corrected chi connectivity index (χ3v) is 7.25. The van der Waals surface area contributed by atoms with Crippen molar-refractivity contribution in [3.63, 3.8) is 0 Å². The predicted molar refractivity (Wildman–Crippen MR) is 167 cm³/mol. The largest absolute Gasteiger partial charge is 0.490 e. The first-order valence-electron chi connectivity index (χ1n) is 13.5. The molecule has 0 aliphatic heterocycles. The fourth-order valence-electron chi connectivity index (χ4n) is 4.13. The van der Waals surface area contributed by atoms with Crippen molar-refractivity contribution >= 4 is 55.9 Å². The molecule has 13 nitrogen and oxygen atoms in total. The summed E-state index contributed by atoms with van der Waals surface area (Å²) in [4.78, 5) is 22.4. The van der Waals surface area contributed by atoms with E-state index in [1.807, 2.05) is 29.8 Å². The Morgan fingerprint density at radius 2 is 1.70 bits per heavy atom. The summed E-state index contributed by atoms with van der Waals surface area (Å²) >= 11 is 0. The Morgan fingerprint density at radius 3 is 2.26 bits per heavy atom. The molecule has 0 aliphatic carbocycles. The molecule has 0 saturated heterocycles. The van der Waals surface area contributed by atoms with Crippen LogP contribution in [-0.4, -0.2) is 56.6 Å². The van der Waals surface area contributed by atoms with Crippen molar-refractivity contribution in [1.82, 2.24) is 24.7 Å². The second kappa shape index (κ2) is 12.7. The lowest BCUT2D eigenvalue weighted by Gasteiger charge is -2.13. The molecule has 0 fully saturated rings. The highest BCUT2D eigenvalue weighted by molar-refractivity contribution is 7.89. The van der Waals surface area contributed by atoms with E-state index in [4.69, 9.17) is 20.2 Å². The number of benzene rings is 2. The smallest absolute Gasteiger partial charge is 0.475 e. The minimum Gasteiger partial charge on any atom is -0.475 e. The summed E-state index contributed by atoms with van der Waals surface area (Å²) in [6.45, 7) is 6.18. The third kappa shape index (κ3) is 8.29. The molecule has 244 valence electrons. The molecule has 3 heterocycles. The van der Waals surface area contributed by atoms with Crippen LogP contribution in [0.15, 0.2) is 59.3 Å². The van der Waals surface area contributed by atoms with E-state index in [9.17, 15) is 21.6 Å². The number of nitrogens with two attached hydrogens (primary N) is 1. The Hall–Kier alpha value is -5.19. The van der Waals surface area contributed by atoms with Gasteiger partial charge in [-0.25, -0.2) is 23.2 Å². The first-order chi connectivity index (χ1) is 21.3. The lowest BCUT2D eigenvalue weighted by atomic mass is 9.92. The van der Waals surface area contributed by atoms with Gasteiger partial charge >= 0.3 is 12.1 Å². The maximum absolute atomic E-state index is 11.6. The van der Waals surface area contributed by atoms with Gasteiger partial charge in [0, 0.05) is 36.7 Å². The number of alkyl halides is 3. The zero-order chi connectivity index (χ0) is 34.0. The molecule has 0 amide bonds. The molecule has 0 aliphatic rings. The number of imidazole rings is 1. The number of hydrogen-bond donors (Lipinski definition) is 4. The van der Waals surface area contributed by atoms with E-state index in [-0.39, 0.29) is 11.2 Å². The Bertz CT molecular complexity index is 1980. The molecule has 17 heteroatoms. The van der Waals surface area contributed by atoms with Gasteiger partial charge in [-0.15, -0.1) is 0 Å². The van der Waals surface area contributed by atoms with Gasteiger partial charge in [-0.2, -0.15) is 18.2 Å². The Balaban J connectivity index is 0.000000617. The summed E-state index contributed by atoms with van der Waals surface area (Å²) in [5, 5.41) is 18.0. The number of carboxylic acids is 1. The number of nitrogen functional groups attached to an aromatic ring is 1. The fraction of sp³-hybridized carbons (Fsp3) is 0.276. The highest BCUT2D eigenvalue weighted by atomic mass is 32.2. The molecule has 5 aromatic rings. The van der Waals surface area contributed by atoms with Gasteiger partial charge in [0.15, 0.2) is 9.84 Å². The van der Waals surface area contributed by atoms with Crippen LogP contribution in [0.1, 0.15) is 32.1 Å². The molecule has 46 heavy (non-hydrogen) atoms. The standard InChI is InChI=1S/C27H30N8O3S.C2HF3O2/c1-27(2,3)21-14-19(34-38-21)23-18(10-11-20-24(23)33-25(28)35(20)4)31-22-12-13-29-26(32-22)30-17-8-6-16(7-9-17)15-39(5,36)37;3-2(4,5)1(6)7/h6-14H,15H2,1-5H3,(H2,28,33)(H2,29,30,31,32);(H,6,7). The number of rotatable bonds is 7. The van der Waals surface area contributed by atoms with Gasteiger partial charge < -0.3 is 30.6 Å².